The molecule has 4 fully saturated rings. The van der Waals surface area contributed by atoms with Gasteiger partial charge in [0.1, 0.15) is 12.2 Å². The number of sulfonamides is 1. The minimum atomic E-state index is -4.10. The number of amides is 2. The molecule has 4 aliphatic heterocycles. The number of fused-ring (bicyclic) bond motifs is 2. The third-order valence-corrected chi connectivity index (χ3v) is 11.1. The second-order valence-corrected chi connectivity index (χ2v) is 15.2. The molecule has 14 nitrogen and oxygen atoms in total. The number of aliphatic hydroxyl groups is 1. The molecule has 0 saturated carbocycles. The summed E-state index contributed by atoms with van der Waals surface area (Å²) >= 11 is 0. The lowest BCUT2D eigenvalue weighted by Gasteiger charge is -2.31. The van der Waals surface area contributed by atoms with Crippen LogP contribution in [-0.4, -0.2) is 106 Å². The van der Waals surface area contributed by atoms with E-state index < -0.39 is 46.6 Å². The Morgan fingerprint density at radius 1 is 0.857 bits per heavy atom. The van der Waals surface area contributed by atoms with Gasteiger partial charge in [0.25, 0.3) is 0 Å². The summed E-state index contributed by atoms with van der Waals surface area (Å²) in [6, 6.07) is 14.2. The number of aliphatic hydroxyl groups excluding tert-OH is 1. The van der Waals surface area contributed by atoms with Gasteiger partial charge >= 0.3 is 12.2 Å². The van der Waals surface area contributed by atoms with Crippen LogP contribution in [0.1, 0.15) is 32.3 Å². The first-order valence-corrected chi connectivity index (χ1v) is 18.2. The monoisotopic (exact) mass is 703 g/mol. The fourth-order valence-corrected chi connectivity index (χ4v) is 8.35. The molecule has 0 radical (unpaired) electrons. The average molecular weight is 704 g/mol. The Labute approximate surface area is 286 Å². The molecule has 4 saturated heterocycles. The van der Waals surface area contributed by atoms with Crippen molar-refractivity contribution in [1.29, 1.82) is 0 Å². The van der Waals surface area contributed by atoms with Crippen LogP contribution in [0.25, 0.3) is 0 Å². The van der Waals surface area contributed by atoms with Crippen molar-refractivity contribution in [3.05, 3.63) is 60.2 Å². The Morgan fingerprint density at radius 3 is 2.04 bits per heavy atom. The van der Waals surface area contributed by atoms with Crippen LogP contribution in [-0.2, 0) is 44.9 Å². The van der Waals surface area contributed by atoms with Crippen molar-refractivity contribution in [1.82, 2.24) is 9.62 Å². The van der Waals surface area contributed by atoms with Crippen molar-refractivity contribution in [2.45, 2.75) is 74.9 Å². The molecule has 6 rings (SSSR count). The first kappa shape index (κ1) is 35.5. The Hall–Kier alpha value is -3.31. The largest absolute Gasteiger partial charge is 0.443 e. The Balaban J connectivity index is 1.11. The van der Waals surface area contributed by atoms with Crippen molar-refractivity contribution in [2.24, 2.45) is 17.8 Å². The summed E-state index contributed by atoms with van der Waals surface area (Å²) < 4.78 is 62.5. The van der Waals surface area contributed by atoms with Gasteiger partial charge in [-0.2, -0.15) is 4.31 Å². The molecular weight excluding hydrogens is 658 g/mol. The van der Waals surface area contributed by atoms with Crippen LogP contribution in [0.5, 0.6) is 0 Å². The summed E-state index contributed by atoms with van der Waals surface area (Å²) in [7, 11) is -4.10. The third kappa shape index (κ3) is 8.71. The van der Waals surface area contributed by atoms with Crippen molar-refractivity contribution >= 4 is 27.9 Å². The molecule has 0 bridgehead atoms. The van der Waals surface area contributed by atoms with E-state index in [1.165, 1.54) is 28.6 Å². The molecule has 3 unspecified atom stereocenters. The SMILES string of the molecule is CC(C)CN(C[C@@H](O)[C@H](Cc1ccccc1)NC(=O)O[C@H]1CO[C@H]2OCCC21)S(=O)(=O)c1ccc(NC(=O)OC2COC3OCC[C@H]23)cc1. The van der Waals surface area contributed by atoms with E-state index in [4.69, 9.17) is 28.4 Å². The molecule has 0 spiro atoms. The summed E-state index contributed by atoms with van der Waals surface area (Å²) in [5, 5.41) is 17.0. The van der Waals surface area contributed by atoms with Crippen molar-refractivity contribution in [3.63, 3.8) is 0 Å². The van der Waals surface area contributed by atoms with Crippen molar-refractivity contribution in [2.75, 3.05) is 44.8 Å². The standard InChI is InChI=1S/C34H45N3O11S/c1-21(2)17-37(49(41,42)24-10-8-23(9-11-24)35-33(39)47-29-19-45-31-25(29)12-14-43-31)18-28(38)27(16-22-6-4-3-5-7-22)36-34(40)48-30-20-46-32-26(30)13-15-44-32/h3-11,21,25-32,38H,12-20H2,1-2H3,(H,35,39)(H,36,40)/t25-,26?,27+,28-,29?,30+,31?,32-/m1/s1. The van der Waals surface area contributed by atoms with E-state index in [1.807, 2.05) is 44.2 Å². The van der Waals surface area contributed by atoms with E-state index in [-0.39, 0.29) is 68.0 Å². The zero-order chi connectivity index (χ0) is 34.5. The van der Waals surface area contributed by atoms with E-state index in [0.29, 0.717) is 25.3 Å². The van der Waals surface area contributed by atoms with E-state index in [9.17, 15) is 23.1 Å². The van der Waals surface area contributed by atoms with Crippen LogP contribution < -0.4 is 10.6 Å². The molecule has 15 heteroatoms. The van der Waals surface area contributed by atoms with Gasteiger partial charge in [-0.15, -0.1) is 0 Å². The number of hydrogen-bond acceptors (Lipinski definition) is 11. The third-order valence-electron chi connectivity index (χ3n) is 9.25. The average Bonchev–Trinajstić information content (AvgIpc) is 3.87. The molecule has 4 aliphatic rings. The number of hydrogen-bond donors (Lipinski definition) is 3. The lowest BCUT2D eigenvalue weighted by atomic mass is 10.0. The normalized spacial score (nSPS) is 27.4. The molecule has 2 aromatic carbocycles. The van der Waals surface area contributed by atoms with Crippen molar-refractivity contribution in [3.8, 4) is 0 Å². The molecule has 3 N–H and O–H groups in total. The number of carbonyl (C=O) groups excluding carboxylic acids is 2. The highest BCUT2D eigenvalue weighted by atomic mass is 32.2. The molecule has 0 aromatic heterocycles. The summed E-state index contributed by atoms with van der Waals surface area (Å²) in [5.74, 6) is -0.138. The summed E-state index contributed by atoms with van der Waals surface area (Å²) in [4.78, 5) is 25.7. The zero-order valence-corrected chi connectivity index (χ0v) is 28.5. The number of rotatable bonds is 13. The molecule has 2 amide bonds. The first-order valence-electron chi connectivity index (χ1n) is 16.8. The molecule has 268 valence electrons. The Bertz CT molecular complexity index is 1530. The second-order valence-electron chi connectivity index (χ2n) is 13.3. The Kier molecular flexibility index (Phi) is 11.4. The van der Waals surface area contributed by atoms with Gasteiger partial charge in [0, 0.05) is 18.8 Å². The van der Waals surface area contributed by atoms with E-state index in [2.05, 4.69) is 10.6 Å². The van der Waals surface area contributed by atoms with Crippen molar-refractivity contribution < 1.29 is 51.5 Å². The minimum absolute atomic E-state index is 0.00891. The smallest absolute Gasteiger partial charge is 0.411 e. The molecule has 4 heterocycles. The number of ether oxygens (including phenoxy) is 6. The van der Waals surface area contributed by atoms with Gasteiger partial charge < -0.3 is 38.8 Å². The quantitative estimate of drug-likeness (QED) is 0.280. The fraction of sp³-hybridized carbons (Fsp3) is 0.588. The number of nitrogens with one attached hydrogen (secondary N) is 2. The van der Waals surface area contributed by atoms with Crippen LogP contribution in [0.15, 0.2) is 59.5 Å². The number of carbonyl (C=O) groups is 2. The lowest BCUT2D eigenvalue weighted by Crippen LogP contribution is -2.51. The molecule has 8 atom stereocenters. The van der Waals surface area contributed by atoms with E-state index in [0.717, 1.165) is 12.0 Å². The van der Waals surface area contributed by atoms with Crippen LogP contribution >= 0.6 is 0 Å². The molecule has 0 aliphatic carbocycles. The fourth-order valence-electron chi connectivity index (χ4n) is 6.73. The summed E-state index contributed by atoms with van der Waals surface area (Å²) in [5.41, 5.74) is 1.20. The summed E-state index contributed by atoms with van der Waals surface area (Å²) in [6.45, 7) is 5.15. The number of benzene rings is 2. The van der Waals surface area contributed by atoms with Gasteiger partial charge in [0.05, 0.1) is 55.3 Å². The molecule has 2 aromatic rings. The minimum Gasteiger partial charge on any atom is -0.443 e. The maximum atomic E-state index is 14.0. The van der Waals surface area contributed by atoms with Gasteiger partial charge in [0.15, 0.2) is 12.6 Å². The predicted octanol–water partition coefficient (Wildman–Crippen LogP) is 3.10. The highest BCUT2D eigenvalue weighted by Gasteiger charge is 2.45. The maximum Gasteiger partial charge on any atom is 0.411 e. The van der Waals surface area contributed by atoms with Gasteiger partial charge in [-0.3, -0.25) is 5.32 Å². The molecular formula is C34H45N3O11S. The lowest BCUT2D eigenvalue weighted by molar-refractivity contribution is -0.0909. The predicted molar refractivity (Wildman–Crippen MR) is 175 cm³/mol. The van der Waals surface area contributed by atoms with Crippen LogP contribution in [0, 0.1) is 17.8 Å². The maximum absolute atomic E-state index is 14.0. The molecule has 49 heavy (non-hydrogen) atoms. The number of nitrogens with zero attached hydrogens (tertiary/aromatic N) is 1. The highest BCUT2D eigenvalue weighted by Crippen LogP contribution is 2.34. The van der Waals surface area contributed by atoms with E-state index >= 15 is 0 Å². The second kappa shape index (κ2) is 15.7. The van der Waals surface area contributed by atoms with Gasteiger partial charge in [-0.1, -0.05) is 44.2 Å². The van der Waals surface area contributed by atoms with Gasteiger partial charge in [-0.05, 0) is 55.0 Å². The highest BCUT2D eigenvalue weighted by molar-refractivity contribution is 7.89. The van der Waals surface area contributed by atoms with E-state index in [1.54, 1.807) is 0 Å². The number of anilines is 1. The first-order chi connectivity index (χ1) is 23.6. The van der Waals surface area contributed by atoms with Crippen LogP contribution in [0.2, 0.25) is 0 Å². The number of alkyl carbamates (subject to hydrolysis) is 1. The zero-order valence-electron chi connectivity index (χ0n) is 27.6. The summed E-state index contributed by atoms with van der Waals surface area (Å²) in [6.07, 6.45) is -2.63. The Morgan fingerprint density at radius 2 is 1.45 bits per heavy atom. The van der Waals surface area contributed by atoms with Gasteiger partial charge in [0.2, 0.25) is 10.0 Å². The topological polar surface area (TPSA) is 171 Å². The van der Waals surface area contributed by atoms with Crippen LogP contribution in [0.3, 0.4) is 0 Å². The van der Waals surface area contributed by atoms with Gasteiger partial charge in [-0.25, -0.2) is 18.0 Å². The van der Waals surface area contributed by atoms with Crippen LogP contribution in [0.4, 0.5) is 15.3 Å².